The van der Waals surface area contributed by atoms with Gasteiger partial charge in [-0.1, -0.05) is 0 Å². The molecule has 0 amide bonds. The van der Waals surface area contributed by atoms with Crippen LogP contribution in [-0.4, -0.2) is 95.5 Å². The van der Waals surface area contributed by atoms with Gasteiger partial charge >= 0.3 is 95.5 Å². The summed E-state index contributed by atoms with van der Waals surface area (Å²) in [4.78, 5) is 205. The Balaban J connectivity index is 1.75. The van der Waals surface area contributed by atoms with E-state index >= 15 is 0 Å². The quantitative estimate of drug-likeness (QED) is 0.0360. The lowest BCUT2D eigenvalue weighted by molar-refractivity contribution is -0.135. The molecule has 0 unspecified atom stereocenters. The van der Waals surface area contributed by atoms with Crippen LogP contribution in [0.1, 0.15) is 111 Å². The van der Waals surface area contributed by atoms with Crippen LogP contribution in [0.5, 0.6) is 149 Å². The number of hydrogen-bond donors (Lipinski definition) is 0. The van der Waals surface area contributed by atoms with Gasteiger partial charge in [-0.3, -0.25) is 76.7 Å². The molecular weight excluding hydrogens is 1410 g/mol. The summed E-state index contributed by atoms with van der Waals surface area (Å²) < 4.78 is 118. The van der Waals surface area contributed by atoms with Crippen LogP contribution < -0.4 is 99.5 Å². The summed E-state index contributed by atoms with van der Waals surface area (Å²) in [5.41, 5.74) is 0. The van der Waals surface area contributed by atoms with Crippen molar-refractivity contribution in [3.63, 3.8) is 0 Å². The van der Waals surface area contributed by atoms with Gasteiger partial charge in [0.1, 0.15) is 23.0 Å². The average Bonchev–Trinajstić information content (AvgIpc) is 0.768. The van der Waals surface area contributed by atoms with Crippen LogP contribution in [0, 0.1) is 0 Å². The molecule has 0 heterocycles. The lowest BCUT2D eigenvalue weighted by Gasteiger charge is -2.23. The van der Waals surface area contributed by atoms with Crippen LogP contribution in [0.4, 0.5) is 0 Å². The summed E-state index contributed by atoms with van der Waals surface area (Å²) in [6.45, 7) is 14.3. The third-order valence-corrected chi connectivity index (χ3v) is 11.3. The third kappa shape index (κ3) is 22.9. The van der Waals surface area contributed by atoms with Crippen LogP contribution in [0.2, 0.25) is 0 Å². The Labute approximate surface area is 590 Å². The first-order valence-corrected chi connectivity index (χ1v) is 29.6. The van der Waals surface area contributed by atoms with E-state index in [1.165, 1.54) is 0 Å². The molecule has 0 aliphatic carbocycles. The van der Waals surface area contributed by atoms with E-state index in [0.29, 0.717) is 0 Å². The van der Waals surface area contributed by atoms with Gasteiger partial charge in [-0.2, -0.15) is 0 Å². The van der Waals surface area contributed by atoms with E-state index in [1.807, 2.05) is 0 Å². The normalized spacial score (nSPS) is 10.3. The molecule has 0 aromatic heterocycles. The summed E-state index contributed by atoms with van der Waals surface area (Å²) in [6.07, 6.45) is 0. The Kier molecular flexibility index (Phi) is 26.4. The van der Waals surface area contributed by atoms with Crippen molar-refractivity contribution in [3.8, 4) is 149 Å². The molecule has 0 radical (unpaired) electrons. The van der Waals surface area contributed by atoms with Crippen LogP contribution >= 0.6 is 0 Å². The van der Waals surface area contributed by atoms with Gasteiger partial charge < -0.3 is 99.5 Å². The van der Waals surface area contributed by atoms with Gasteiger partial charge in [0.25, 0.3) is 0 Å². The summed E-state index contributed by atoms with van der Waals surface area (Å²) >= 11 is 0. The van der Waals surface area contributed by atoms with Gasteiger partial charge in [0.2, 0.25) is 57.5 Å². The second kappa shape index (κ2) is 34.8. The van der Waals surface area contributed by atoms with Gasteiger partial charge in [-0.05, 0) is 0 Å². The van der Waals surface area contributed by atoms with Crippen molar-refractivity contribution in [2.75, 3.05) is 0 Å². The van der Waals surface area contributed by atoms with Gasteiger partial charge in [-0.15, -0.1) is 0 Å². The first-order valence-electron chi connectivity index (χ1n) is 29.6. The number of benzene rings is 6. The predicted molar refractivity (Wildman–Crippen MR) is 340 cm³/mol. The number of hydrogen-bond acceptors (Lipinski definition) is 37. The highest BCUT2D eigenvalue weighted by atomic mass is 16.7. The molecule has 37 nitrogen and oxygen atoms in total. The first-order chi connectivity index (χ1) is 49.1. The number of carbonyl (C=O) groups is 16. The minimum atomic E-state index is -1.26. The fourth-order valence-electron chi connectivity index (χ4n) is 8.49. The van der Waals surface area contributed by atoms with E-state index in [9.17, 15) is 76.7 Å². The SMILES string of the molecule is CC(=O)Oc1cc(OC(C)=O)c(Oc2cc(OC(C)=O)c(OC(C)=O)c(OC(C)=O)c2Oc2cc(OC(C)=O)c(Oc3cc(OC(C)=O)c(OC(C)=O)c(OC(C)=O)c3Oc3cc(OC(C)=O)c(Oc4cc(OC(C)=O)c(OC(C)=O)c(OC(C)=O)c4)c(OC(C)=O)c3)c(OC(C)=O)c2)c(OC(C)=O)c1. The number of ether oxygens (including phenoxy) is 21. The number of esters is 16. The molecule has 6 rings (SSSR count). The van der Waals surface area contributed by atoms with Crippen molar-refractivity contribution in [2.45, 2.75) is 111 Å². The molecule has 0 fully saturated rings. The van der Waals surface area contributed by atoms with E-state index in [2.05, 4.69) is 0 Å². The Morgan fingerprint density at radius 2 is 0.305 bits per heavy atom. The molecule has 105 heavy (non-hydrogen) atoms. The van der Waals surface area contributed by atoms with Gasteiger partial charge in [0.05, 0.1) is 0 Å². The monoisotopic (exact) mass is 1470 g/mol. The van der Waals surface area contributed by atoms with Gasteiger partial charge in [0, 0.05) is 171 Å². The molecule has 0 aliphatic rings. The molecule has 0 spiro atoms. The highest BCUT2D eigenvalue weighted by Gasteiger charge is 2.36. The van der Waals surface area contributed by atoms with Crippen LogP contribution in [0.25, 0.3) is 0 Å². The van der Waals surface area contributed by atoms with E-state index < -0.39 is 245 Å². The molecule has 0 saturated carbocycles. The van der Waals surface area contributed by atoms with Crippen molar-refractivity contribution in [3.05, 3.63) is 60.7 Å². The largest absolute Gasteiger partial charge is 0.449 e. The topological polar surface area (TPSA) is 467 Å². The highest BCUT2D eigenvalue weighted by Crippen LogP contribution is 2.60. The molecule has 0 aliphatic heterocycles. The third-order valence-electron chi connectivity index (χ3n) is 11.3. The minimum Gasteiger partial charge on any atom is -0.449 e. The molecule has 0 atom stereocenters. The zero-order valence-electron chi connectivity index (χ0n) is 57.9. The van der Waals surface area contributed by atoms with E-state index in [-0.39, 0.29) is 0 Å². The molecule has 0 N–H and O–H groups in total. The zero-order chi connectivity index (χ0) is 78.2. The molecule has 6 aromatic carbocycles. The van der Waals surface area contributed by atoms with Crippen LogP contribution in [0.3, 0.4) is 0 Å². The Hall–Kier alpha value is -14.2. The smallest absolute Gasteiger partial charge is 0.308 e. The average molecular weight is 1470 g/mol. The summed E-state index contributed by atoms with van der Waals surface area (Å²) in [6, 6.07) is 8.40. The number of rotatable bonds is 26. The predicted octanol–water partition coefficient (Wildman–Crippen LogP) is 9.45. The molecule has 37 heteroatoms. The van der Waals surface area contributed by atoms with Crippen molar-refractivity contribution in [1.29, 1.82) is 0 Å². The second-order valence-electron chi connectivity index (χ2n) is 20.7. The maximum absolute atomic E-state index is 13.3. The summed E-state index contributed by atoms with van der Waals surface area (Å²) in [7, 11) is 0. The fourth-order valence-corrected chi connectivity index (χ4v) is 8.49. The van der Waals surface area contributed by atoms with E-state index in [4.69, 9.17) is 99.5 Å². The van der Waals surface area contributed by atoms with E-state index in [0.717, 1.165) is 171 Å². The fraction of sp³-hybridized carbons (Fsp3) is 0.235. The Morgan fingerprint density at radius 1 is 0.143 bits per heavy atom. The maximum Gasteiger partial charge on any atom is 0.308 e. The second-order valence-corrected chi connectivity index (χ2v) is 20.7. The summed E-state index contributed by atoms with van der Waals surface area (Å²) in [5, 5.41) is 0. The minimum absolute atomic E-state index is 0.407. The maximum atomic E-state index is 13.3. The van der Waals surface area contributed by atoms with Crippen LogP contribution in [0.15, 0.2) is 60.7 Å². The lowest BCUT2D eigenvalue weighted by Crippen LogP contribution is -2.13. The van der Waals surface area contributed by atoms with Crippen molar-refractivity contribution >= 4 is 95.5 Å². The van der Waals surface area contributed by atoms with Crippen LogP contribution in [-0.2, 0) is 76.7 Å². The van der Waals surface area contributed by atoms with Gasteiger partial charge in [0.15, 0.2) is 69.0 Å². The molecule has 0 bridgehead atoms. The highest BCUT2D eigenvalue weighted by molar-refractivity contribution is 5.87. The van der Waals surface area contributed by atoms with Crippen molar-refractivity contribution in [2.24, 2.45) is 0 Å². The number of carbonyl (C=O) groups excluding carboxylic acids is 16. The lowest BCUT2D eigenvalue weighted by atomic mass is 10.2. The first kappa shape index (κ1) is 79.8. The van der Waals surface area contributed by atoms with E-state index in [1.54, 1.807) is 0 Å². The molecular formula is C68H58O37. The Bertz CT molecular complexity index is 4500. The Morgan fingerprint density at radius 3 is 0.524 bits per heavy atom. The van der Waals surface area contributed by atoms with Crippen molar-refractivity contribution < 1.29 is 176 Å². The summed E-state index contributed by atoms with van der Waals surface area (Å²) in [5.74, 6) is -38.3. The van der Waals surface area contributed by atoms with Gasteiger partial charge in [-0.25, -0.2) is 0 Å². The molecule has 552 valence electrons. The molecule has 6 aromatic rings. The zero-order valence-corrected chi connectivity index (χ0v) is 57.9. The van der Waals surface area contributed by atoms with Crippen molar-refractivity contribution in [1.82, 2.24) is 0 Å². The molecule has 0 saturated heterocycles. The standard InChI is InChI=1S/C68H58O37/c1-27(69)85-43-17-51(90-32(6)74)61(52(18-43)91-33(7)75)104-57-25-55(94-36(10)78)64(98-40(14)82)68(100-42(16)84)66(57)103-46-23-53(92-34(8)76)62(54(24-46)93-35(9)77)105-58-26-56(95-37(11)79)63(97-39(13)81)67(99-41(15)83)65(58)102-45-21-49(88-30(4)72)60(50(22-45)89-31(5)73)101-44-19-47(86-28(2)70)59(96-38(12)80)48(20-44)87-29(3)71/h17-26H,1-16H3.